The second-order valence-electron chi connectivity index (χ2n) is 2.28. The summed E-state index contributed by atoms with van der Waals surface area (Å²) in [4.78, 5) is 10.6. The van der Waals surface area contributed by atoms with E-state index in [0.717, 1.165) is 9.25 Å². The maximum atomic E-state index is 12.2. The van der Waals surface area contributed by atoms with Crippen molar-refractivity contribution in [1.82, 2.24) is 14.3 Å². The maximum absolute atomic E-state index is 12.2. The molecular formula is C6H9F4N3O. The zero-order valence-corrected chi connectivity index (χ0v) is 7.55. The molecule has 0 amide bonds. The molecule has 1 heterocycles. The van der Waals surface area contributed by atoms with Gasteiger partial charge in [-0.1, -0.05) is 0 Å². The van der Waals surface area contributed by atoms with E-state index in [2.05, 4.69) is 5.10 Å². The van der Waals surface area contributed by atoms with Gasteiger partial charge in [-0.25, -0.2) is 22.6 Å². The van der Waals surface area contributed by atoms with Crippen LogP contribution in [0.25, 0.3) is 0 Å². The average molecular weight is 215 g/mol. The lowest BCUT2D eigenvalue weighted by Crippen LogP contribution is -2.20. The third-order valence-corrected chi connectivity index (χ3v) is 1.19. The van der Waals surface area contributed by atoms with Crippen LogP contribution >= 0.6 is 0 Å². The monoisotopic (exact) mass is 215 g/mol. The van der Waals surface area contributed by atoms with Crippen LogP contribution in [0.3, 0.4) is 0 Å². The Hall–Kier alpha value is -1.34. The molecule has 82 valence electrons. The van der Waals surface area contributed by atoms with Crippen LogP contribution in [0.15, 0.2) is 4.79 Å². The van der Waals surface area contributed by atoms with Crippen molar-refractivity contribution in [2.45, 2.75) is 6.43 Å². The lowest BCUT2D eigenvalue weighted by Gasteiger charge is -1.80. The predicted molar refractivity (Wildman–Crippen MR) is 40.4 cm³/mol. The first-order valence-electron chi connectivity index (χ1n) is 3.49. The van der Waals surface area contributed by atoms with E-state index in [4.69, 9.17) is 0 Å². The first-order chi connectivity index (χ1) is 6.40. The highest BCUT2D eigenvalue weighted by molar-refractivity contribution is 4.65. The molecule has 0 N–H and O–H groups in total. The highest BCUT2D eigenvalue weighted by Crippen LogP contribution is 1.88. The van der Waals surface area contributed by atoms with Crippen LogP contribution in [0.1, 0.15) is 0 Å². The van der Waals surface area contributed by atoms with E-state index in [9.17, 15) is 22.4 Å². The van der Waals surface area contributed by atoms with Crippen molar-refractivity contribution in [1.29, 1.82) is 0 Å². The van der Waals surface area contributed by atoms with Crippen LogP contribution < -0.4 is 5.69 Å². The van der Waals surface area contributed by atoms with Crippen molar-refractivity contribution in [2.24, 2.45) is 14.1 Å². The number of hydrogen-bond donors (Lipinski definition) is 0. The molecule has 1 aromatic heterocycles. The molecule has 14 heavy (non-hydrogen) atoms. The molecule has 0 spiro atoms. The Labute approximate surface area is 76.8 Å². The highest BCUT2D eigenvalue weighted by atomic mass is 19.3. The van der Waals surface area contributed by atoms with Crippen LogP contribution in [-0.4, -0.2) is 27.4 Å². The summed E-state index contributed by atoms with van der Waals surface area (Å²) in [7, 11) is 2.72. The van der Waals surface area contributed by atoms with Crippen LogP contribution in [0.5, 0.6) is 0 Å². The molecule has 0 aliphatic rings. The molecule has 1 rings (SSSR count). The van der Waals surface area contributed by atoms with E-state index in [1.165, 1.54) is 14.1 Å². The first-order valence-corrected chi connectivity index (χ1v) is 3.49. The van der Waals surface area contributed by atoms with E-state index in [0.29, 0.717) is 0 Å². The first kappa shape index (κ1) is 12.7. The molecule has 0 saturated carbocycles. The Bertz CT molecular complexity index is 332. The molecular weight excluding hydrogens is 206 g/mol. The zero-order valence-electron chi connectivity index (χ0n) is 7.55. The Balaban J connectivity index is 0.000000292. The second-order valence-corrected chi connectivity index (χ2v) is 2.28. The van der Waals surface area contributed by atoms with Gasteiger partial charge in [-0.05, 0) is 0 Å². The van der Waals surface area contributed by atoms with Crippen molar-refractivity contribution < 1.29 is 17.6 Å². The summed E-state index contributed by atoms with van der Waals surface area (Å²) in [6.07, 6.45) is -3.54. The summed E-state index contributed by atoms with van der Waals surface area (Å²) in [5.74, 6) is 0. The smallest absolute Gasteiger partial charge is 0.254 e. The average Bonchev–Trinajstić information content (AvgIpc) is 2.34. The number of aryl methyl sites for hydroxylation is 1. The highest BCUT2D eigenvalue weighted by Gasteiger charge is 2.03. The van der Waals surface area contributed by atoms with Gasteiger partial charge in [0.1, 0.15) is 0 Å². The van der Waals surface area contributed by atoms with Crippen molar-refractivity contribution in [3.8, 4) is 0 Å². The van der Waals surface area contributed by atoms with Gasteiger partial charge in [0.25, 0.3) is 6.43 Å². The minimum Gasteiger partial charge on any atom is -0.254 e. The fraction of sp³-hybridized carbons (Fsp3) is 0.667. The van der Waals surface area contributed by atoms with Crippen LogP contribution in [-0.2, 0) is 14.1 Å². The van der Waals surface area contributed by atoms with Crippen molar-refractivity contribution in [3.63, 3.8) is 0 Å². The summed E-state index contributed by atoms with van der Waals surface area (Å²) in [6.45, 7) is -1.53. The normalized spacial score (nSPS) is 9.93. The van der Waals surface area contributed by atoms with E-state index in [-0.39, 0.29) is 0 Å². The van der Waals surface area contributed by atoms with Crippen molar-refractivity contribution >= 4 is 0 Å². The lowest BCUT2D eigenvalue weighted by atomic mass is 10.8. The minimum atomic E-state index is -2.78. The number of rotatable bonds is 1. The summed E-state index contributed by atoms with van der Waals surface area (Å²) >= 11 is 0. The quantitative estimate of drug-likeness (QED) is 0.639. The van der Waals surface area contributed by atoms with Gasteiger partial charge in [0.05, 0.1) is 0 Å². The zero-order chi connectivity index (χ0) is 11.3. The van der Waals surface area contributed by atoms with Gasteiger partial charge >= 0.3 is 11.8 Å². The van der Waals surface area contributed by atoms with E-state index in [1.54, 1.807) is 0 Å². The van der Waals surface area contributed by atoms with Gasteiger partial charge in [0.2, 0.25) is 0 Å². The Kier molecular flexibility index (Phi) is 4.89. The molecule has 0 aliphatic carbocycles. The molecule has 0 aliphatic heterocycles. The molecule has 0 unspecified atom stereocenters. The summed E-state index contributed by atoms with van der Waals surface area (Å²) in [6, 6.07) is 0. The molecule has 0 atom stereocenters. The molecule has 8 heteroatoms. The van der Waals surface area contributed by atoms with E-state index < -0.39 is 24.9 Å². The summed E-state index contributed by atoms with van der Waals surface area (Å²) in [5.41, 5.74) is -0.451. The predicted octanol–water partition coefficient (Wildman–Crippen LogP) is 0.479. The van der Waals surface area contributed by atoms with Crippen LogP contribution in [0.4, 0.5) is 17.6 Å². The van der Waals surface area contributed by atoms with Crippen LogP contribution in [0.2, 0.25) is 0 Å². The summed E-state index contributed by atoms with van der Waals surface area (Å²) in [5, 5.41) is 3.21. The van der Waals surface area contributed by atoms with Gasteiger partial charge in [0, 0.05) is 14.1 Å². The van der Waals surface area contributed by atoms with E-state index in [1.807, 2.05) is 0 Å². The largest absolute Gasteiger partial charge is 0.347 e. The third kappa shape index (κ3) is 3.58. The number of nitrogens with zero attached hydrogens (tertiary/aromatic N) is 3. The molecule has 4 nitrogen and oxygen atoms in total. The Morgan fingerprint density at radius 3 is 1.93 bits per heavy atom. The maximum Gasteiger partial charge on any atom is 0.347 e. The second kappa shape index (κ2) is 5.40. The van der Waals surface area contributed by atoms with Gasteiger partial charge in [-0.2, -0.15) is 4.39 Å². The topological polar surface area (TPSA) is 39.8 Å². The van der Waals surface area contributed by atoms with Gasteiger partial charge in [-0.3, -0.25) is 4.57 Å². The van der Waals surface area contributed by atoms with Gasteiger partial charge in [0.15, 0.2) is 6.67 Å². The molecule has 0 aromatic carbocycles. The Morgan fingerprint density at radius 2 is 1.86 bits per heavy atom. The van der Waals surface area contributed by atoms with Crippen molar-refractivity contribution in [2.75, 3.05) is 6.67 Å². The SMILES string of the molecule is Cn1nc(F)n(C)c1=O.FCC(F)F. The van der Waals surface area contributed by atoms with Gasteiger partial charge in [-0.15, -0.1) is 5.10 Å². The molecule has 0 bridgehead atoms. The molecule has 0 saturated heterocycles. The number of alkyl halides is 3. The number of aromatic nitrogens is 3. The minimum absolute atomic E-state index is 0.451. The molecule has 0 fully saturated rings. The number of hydrogen-bond acceptors (Lipinski definition) is 2. The van der Waals surface area contributed by atoms with Gasteiger partial charge < -0.3 is 0 Å². The molecule has 0 radical (unpaired) electrons. The third-order valence-electron chi connectivity index (χ3n) is 1.19. The lowest BCUT2D eigenvalue weighted by molar-refractivity contribution is 0.113. The Morgan fingerprint density at radius 1 is 1.43 bits per heavy atom. The standard InChI is InChI=1S/C4H6FN3O.C2H3F3/c1-7-3(5)6-8(2)4(7)9;3-1-2(4)5/h1-2H3;2H,1H2. The fourth-order valence-electron chi connectivity index (χ4n) is 0.530. The number of halogens is 4. The fourth-order valence-corrected chi connectivity index (χ4v) is 0.530. The van der Waals surface area contributed by atoms with E-state index >= 15 is 0 Å². The molecule has 1 aromatic rings. The summed E-state index contributed by atoms with van der Waals surface area (Å²) < 4.78 is 45.1. The van der Waals surface area contributed by atoms with Crippen molar-refractivity contribution in [3.05, 3.63) is 16.6 Å². The van der Waals surface area contributed by atoms with Crippen LogP contribution in [0, 0.1) is 6.08 Å².